The van der Waals surface area contributed by atoms with E-state index < -0.39 is 23.7 Å². The average Bonchev–Trinajstić information content (AvgIpc) is 3.59. The van der Waals surface area contributed by atoms with Crippen molar-refractivity contribution in [1.29, 1.82) is 0 Å². The molecule has 2 aliphatic rings. The summed E-state index contributed by atoms with van der Waals surface area (Å²) in [5, 5.41) is 41.4. The molecule has 0 bridgehead atoms. The summed E-state index contributed by atoms with van der Waals surface area (Å²) in [5.41, 5.74) is 2.67. The first-order valence-corrected chi connectivity index (χ1v) is 13.4. The van der Waals surface area contributed by atoms with E-state index in [1.807, 2.05) is 10.7 Å². The molecule has 2 aromatic heterocycles. The number of aromatic carboxylic acids is 1. The third kappa shape index (κ3) is 7.84. The molecular weight excluding hydrogens is 547 g/mol. The van der Waals surface area contributed by atoms with E-state index in [4.69, 9.17) is 19.7 Å². The average molecular weight is 580 g/mol. The van der Waals surface area contributed by atoms with Gasteiger partial charge in [0.1, 0.15) is 6.10 Å². The first-order valence-electron chi connectivity index (χ1n) is 13.4. The van der Waals surface area contributed by atoms with Crippen LogP contribution in [0.1, 0.15) is 79.8 Å². The first kappa shape index (κ1) is 30.0. The van der Waals surface area contributed by atoms with Gasteiger partial charge in [0, 0.05) is 6.20 Å². The van der Waals surface area contributed by atoms with Crippen molar-refractivity contribution in [2.24, 2.45) is 0 Å². The highest BCUT2D eigenvalue weighted by molar-refractivity contribution is 5.87. The van der Waals surface area contributed by atoms with Gasteiger partial charge in [0.25, 0.3) is 5.88 Å². The zero-order valence-corrected chi connectivity index (χ0v) is 22.2. The Balaban J connectivity index is 0.000000493. The molecule has 0 atom stereocenters. The number of halogens is 3. The number of aromatic nitrogens is 5. The molecule has 11 nitrogen and oxygen atoms in total. The van der Waals surface area contributed by atoms with Gasteiger partial charge < -0.3 is 20.1 Å². The van der Waals surface area contributed by atoms with Gasteiger partial charge in [-0.25, -0.2) is 14.7 Å². The van der Waals surface area contributed by atoms with Crippen LogP contribution in [-0.4, -0.2) is 70.3 Å². The molecule has 0 amide bonds. The Morgan fingerprint density at radius 3 is 2.24 bits per heavy atom. The van der Waals surface area contributed by atoms with Gasteiger partial charge in [-0.15, -0.1) is 0 Å². The predicted molar refractivity (Wildman–Crippen MR) is 138 cm³/mol. The molecule has 0 spiro atoms. The maximum atomic E-state index is 11.2. The molecular formula is C27H32F3N5O6. The van der Waals surface area contributed by atoms with Gasteiger partial charge in [0.15, 0.2) is 0 Å². The van der Waals surface area contributed by atoms with Crippen LogP contribution in [0, 0.1) is 0 Å². The zero-order chi connectivity index (χ0) is 29.6. The Morgan fingerprint density at radius 1 is 1.02 bits per heavy atom. The van der Waals surface area contributed by atoms with Crippen molar-refractivity contribution >= 4 is 11.9 Å². The van der Waals surface area contributed by atoms with Gasteiger partial charge >= 0.3 is 18.1 Å². The van der Waals surface area contributed by atoms with Crippen molar-refractivity contribution < 1.29 is 42.8 Å². The molecule has 3 aromatic rings. The van der Waals surface area contributed by atoms with Crippen molar-refractivity contribution in [3.05, 3.63) is 47.8 Å². The van der Waals surface area contributed by atoms with Gasteiger partial charge in [0.05, 0.1) is 17.8 Å². The maximum Gasteiger partial charge on any atom is 0.490 e. The molecule has 0 saturated heterocycles. The van der Waals surface area contributed by atoms with Crippen LogP contribution in [0.3, 0.4) is 0 Å². The van der Waals surface area contributed by atoms with E-state index in [1.165, 1.54) is 12.0 Å². The Labute approximate surface area is 233 Å². The largest absolute Gasteiger partial charge is 0.490 e. The SMILES string of the molecule is O=C(O)C(F)(F)F.O=C(O)c1[nH]nnc1OC1CCC(c2ccc(-c3ccnn3CC3(O)CCCCC3)cc2)CC1. The monoisotopic (exact) mass is 579 g/mol. The lowest BCUT2D eigenvalue weighted by Crippen LogP contribution is -2.36. The summed E-state index contributed by atoms with van der Waals surface area (Å²) in [5.74, 6) is -3.37. The Bertz CT molecular complexity index is 1310. The summed E-state index contributed by atoms with van der Waals surface area (Å²) in [4.78, 5) is 20.1. The molecule has 0 radical (unpaired) electrons. The number of H-pyrrole nitrogens is 1. The minimum atomic E-state index is -5.08. The van der Waals surface area contributed by atoms with Crippen LogP contribution in [0.5, 0.6) is 5.88 Å². The minimum absolute atomic E-state index is 0.0568. The third-order valence-electron chi connectivity index (χ3n) is 7.55. The molecule has 0 aliphatic heterocycles. The van der Waals surface area contributed by atoms with E-state index in [-0.39, 0.29) is 17.7 Å². The number of hydrogen-bond donors (Lipinski definition) is 4. The minimum Gasteiger partial charge on any atom is -0.476 e. The molecule has 5 rings (SSSR count). The molecule has 2 aliphatic carbocycles. The lowest BCUT2D eigenvalue weighted by atomic mass is 9.82. The lowest BCUT2D eigenvalue weighted by Gasteiger charge is -2.32. The number of aliphatic hydroxyl groups is 1. The quantitative estimate of drug-likeness (QED) is 0.308. The molecule has 2 heterocycles. The second-order valence-electron chi connectivity index (χ2n) is 10.5. The number of ether oxygens (including phenoxy) is 1. The molecule has 1 aromatic carbocycles. The summed E-state index contributed by atoms with van der Waals surface area (Å²) in [6, 6.07) is 10.7. The number of rotatable bonds is 7. The zero-order valence-electron chi connectivity index (χ0n) is 22.2. The Morgan fingerprint density at radius 2 is 1.66 bits per heavy atom. The smallest absolute Gasteiger partial charge is 0.476 e. The van der Waals surface area contributed by atoms with Crippen LogP contribution >= 0.6 is 0 Å². The molecule has 41 heavy (non-hydrogen) atoms. The van der Waals surface area contributed by atoms with Gasteiger partial charge in [-0.05, 0) is 61.6 Å². The molecule has 2 saturated carbocycles. The fourth-order valence-corrected chi connectivity index (χ4v) is 5.39. The van der Waals surface area contributed by atoms with E-state index in [2.05, 4.69) is 44.8 Å². The van der Waals surface area contributed by atoms with Crippen molar-refractivity contribution in [3.63, 3.8) is 0 Å². The van der Waals surface area contributed by atoms with E-state index in [0.29, 0.717) is 12.5 Å². The van der Waals surface area contributed by atoms with Crippen LogP contribution in [0.15, 0.2) is 36.5 Å². The number of carbonyl (C=O) groups is 2. The molecule has 222 valence electrons. The van der Waals surface area contributed by atoms with Crippen LogP contribution in [0.25, 0.3) is 11.3 Å². The molecule has 0 unspecified atom stereocenters. The highest BCUT2D eigenvalue weighted by Crippen LogP contribution is 2.36. The van der Waals surface area contributed by atoms with E-state index in [9.17, 15) is 23.1 Å². The number of alkyl halides is 3. The number of carboxylic acids is 2. The summed E-state index contributed by atoms with van der Waals surface area (Å²) in [7, 11) is 0. The van der Waals surface area contributed by atoms with Gasteiger partial charge in [0.2, 0.25) is 5.69 Å². The maximum absolute atomic E-state index is 11.2. The second kappa shape index (κ2) is 12.7. The van der Waals surface area contributed by atoms with E-state index in [1.54, 1.807) is 6.20 Å². The summed E-state index contributed by atoms with van der Waals surface area (Å²) < 4.78 is 39.5. The highest BCUT2D eigenvalue weighted by atomic mass is 19.4. The number of aromatic amines is 1. The second-order valence-corrected chi connectivity index (χ2v) is 10.5. The number of nitrogens with one attached hydrogen (secondary N) is 1. The van der Waals surface area contributed by atoms with Crippen molar-refractivity contribution in [1.82, 2.24) is 25.2 Å². The molecule has 2 fully saturated rings. The van der Waals surface area contributed by atoms with Crippen LogP contribution in [-0.2, 0) is 11.3 Å². The van der Waals surface area contributed by atoms with Crippen molar-refractivity contribution in [3.8, 4) is 17.1 Å². The first-order chi connectivity index (χ1) is 19.4. The van der Waals surface area contributed by atoms with E-state index in [0.717, 1.165) is 62.6 Å². The van der Waals surface area contributed by atoms with Gasteiger partial charge in [-0.3, -0.25) is 4.68 Å². The number of nitrogens with zero attached hydrogens (tertiary/aromatic N) is 4. The number of hydrogen-bond acceptors (Lipinski definition) is 7. The van der Waals surface area contributed by atoms with E-state index >= 15 is 0 Å². The van der Waals surface area contributed by atoms with Crippen LogP contribution < -0.4 is 4.74 Å². The number of benzene rings is 1. The Kier molecular flexibility index (Phi) is 9.31. The van der Waals surface area contributed by atoms with Gasteiger partial charge in [-0.2, -0.15) is 18.3 Å². The standard InChI is InChI=1S/C25H31N5O4.C2HF3O2/c31-24(32)22-23(28-29-27-22)34-20-10-8-18(9-11-20)17-4-6-19(7-5-17)21-12-15-26-30(21)16-25(33)13-2-1-3-14-25;3-2(4,5)1(6)7/h4-7,12,15,18,20,33H,1-3,8-11,13-14,16H2,(H,31,32)(H,27,28,29);(H,6,7). The van der Waals surface area contributed by atoms with Crippen LogP contribution in [0.2, 0.25) is 0 Å². The predicted octanol–water partition coefficient (Wildman–Crippen LogP) is 4.80. The van der Waals surface area contributed by atoms with Crippen LogP contribution in [0.4, 0.5) is 13.2 Å². The topological polar surface area (TPSA) is 163 Å². The normalized spacial score (nSPS) is 20.5. The fourth-order valence-electron chi connectivity index (χ4n) is 5.39. The summed E-state index contributed by atoms with van der Waals surface area (Å²) >= 11 is 0. The fraction of sp³-hybridized carbons (Fsp3) is 0.519. The third-order valence-corrected chi connectivity index (χ3v) is 7.55. The summed E-state index contributed by atoms with van der Waals surface area (Å²) in [6.45, 7) is 0.538. The molecule has 4 N–H and O–H groups in total. The van der Waals surface area contributed by atoms with Crippen molar-refractivity contribution in [2.45, 2.75) is 88.1 Å². The summed E-state index contributed by atoms with van der Waals surface area (Å²) in [6.07, 6.45) is 5.31. The number of carboxylic acid groups (broad SMARTS) is 2. The van der Waals surface area contributed by atoms with Crippen molar-refractivity contribution in [2.75, 3.05) is 0 Å². The lowest BCUT2D eigenvalue weighted by molar-refractivity contribution is -0.192. The highest BCUT2D eigenvalue weighted by Gasteiger charge is 2.38. The Hall–Kier alpha value is -3.94. The molecule has 14 heteroatoms. The van der Waals surface area contributed by atoms with Gasteiger partial charge in [-0.1, -0.05) is 53.8 Å². The number of aliphatic carboxylic acids is 1.